The van der Waals surface area contributed by atoms with Crippen molar-refractivity contribution < 1.29 is 9.32 Å². The van der Waals surface area contributed by atoms with Gasteiger partial charge in [0.1, 0.15) is 5.78 Å². The lowest BCUT2D eigenvalue weighted by atomic mass is 10.1. The summed E-state index contributed by atoms with van der Waals surface area (Å²) in [6.07, 6.45) is 1.11. The average Bonchev–Trinajstić information content (AvgIpc) is 2.87. The Kier molecular flexibility index (Phi) is 4.72. The van der Waals surface area contributed by atoms with E-state index in [1.54, 1.807) is 13.8 Å². The van der Waals surface area contributed by atoms with Crippen LogP contribution in [0.25, 0.3) is 0 Å². The van der Waals surface area contributed by atoms with Crippen LogP contribution >= 0.6 is 23.5 Å². The van der Waals surface area contributed by atoms with Crippen LogP contribution in [-0.4, -0.2) is 32.7 Å². The highest BCUT2D eigenvalue weighted by molar-refractivity contribution is 8.06. The van der Waals surface area contributed by atoms with E-state index in [9.17, 15) is 4.79 Å². The predicted molar refractivity (Wildman–Crippen MR) is 75.1 cm³/mol. The van der Waals surface area contributed by atoms with Crippen molar-refractivity contribution in [1.82, 2.24) is 10.1 Å². The molecule has 1 saturated heterocycles. The Morgan fingerprint density at radius 1 is 1.50 bits per heavy atom. The molecule has 3 unspecified atom stereocenters. The summed E-state index contributed by atoms with van der Waals surface area (Å²) in [6.45, 7) is 5.55. The van der Waals surface area contributed by atoms with Gasteiger partial charge >= 0.3 is 0 Å². The summed E-state index contributed by atoms with van der Waals surface area (Å²) < 4.78 is 5.23. The quantitative estimate of drug-likeness (QED) is 0.848. The van der Waals surface area contributed by atoms with Crippen LogP contribution in [0.4, 0.5) is 0 Å². The highest BCUT2D eigenvalue weighted by Gasteiger charge is 2.31. The molecule has 0 spiro atoms. The van der Waals surface area contributed by atoms with Crippen LogP contribution < -0.4 is 0 Å². The van der Waals surface area contributed by atoms with Gasteiger partial charge in [-0.05, 0) is 20.3 Å². The van der Waals surface area contributed by atoms with Crippen molar-refractivity contribution in [1.29, 1.82) is 0 Å². The second-order valence-electron chi connectivity index (χ2n) is 4.43. The molecule has 100 valence electrons. The largest absolute Gasteiger partial charge is 0.339 e. The van der Waals surface area contributed by atoms with E-state index in [0.717, 1.165) is 18.0 Å². The normalized spacial score (nSPS) is 25.9. The maximum absolute atomic E-state index is 11.3. The van der Waals surface area contributed by atoms with E-state index >= 15 is 0 Å². The van der Waals surface area contributed by atoms with Gasteiger partial charge in [-0.3, -0.25) is 4.79 Å². The molecule has 0 radical (unpaired) electrons. The molecule has 0 aromatic carbocycles. The van der Waals surface area contributed by atoms with Crippen molar-refractivity contribution in [3.05, 3.63) is 11.7 Å². The molecule has 4 nitrogen and oxygen atoms in total. The molecule has 1 aliphatic heterocycles. The summed E-state index contributed by atoms with van der Waals surface area (Å²) in [4.78, 5) is 15.7. The van der Waals surface area contributed by atoms with Crippen LogP contribution in [0.5, 0.6) is 0 Å². The zero-order valence-corrected chi connectivity index (χ0v) is 12.5. The Labute approximate surface area is 116 Å². The molecular weight excluding hydrogens is 268 g/mol. The van der Waals surface area contributed by atoms with Crippen molar-refractivity contribution in [3.8, 4) is 0 Å². The van der Waals surface area contributed by atoms with Gasteiger partial charge < -0.3 is 4.52 Å². The summed E-state index contributed by atoms with van der Waals surface area (Å²) in [5, 5.41) is 4.91. The fraction of sp³-hybridized carbons (Fsp3) is 0.750. The third-order valence-electron chi connectivity index (χ3n) is 3.14. The van der Waals surface area contributed by atoms with E-state index in [-0.39, 0.29) is 11.7 Å². The van der Waals surface area contributed by atoms with Gasteiger partial charge in [0.2, 0.25) is 5.89 Å². The predicted octanol–water partition coefficient (Wildman–Crippen LogP) is 3.06. The molecule has 6 heteroatoms. The fourth-order valence-electron chi connectivity index (χ4n) is 1.85. The van der Waals surface area contributed by atoms with E-state index < -0.39 is 0 Å². The van der Waals surface area contributed by atoms with Gasteiger partial charge in [-0.15, -0.1) is 11.8 Å². The van der Waals surface area contributed by atoms with Crippen LogP contribution in [-0.2, 0) is 4.79 Å². The van der Waals surface area contributed by atoms with Gasteiger partial charge in [0.15, 0.2) is 5.82 Å². The molecule has 2 rings (SSSR count). The minimum absolute atomic E-state index is 0.0583. The first kappa shape index (κ1) is 13.9. The van der Waals surface area contributed by atoms with Crippen LogP contribution in [0, 0.1) is 0 Å². The highest BCUT2D eigenvalue weighted by Crippen LogP contribution is 2.43. The van der Waals surface area contributed by atoms with Crippen molar-refractivity contribution in [2.75, 3.05) is 11.5 Å². The first-order chi connectivity index (χ1) is 8.63. The number of aromatic nitrogens is 2. The molecule has 0 aliphatic carbocycles. The van der Waals surface area contributed by atoms with Crippen LogP contribution in [0.1, 0.15) is 50.1 Å². The lowest BCUT2D eigenvalue weighted by molar-refractivity contribution is -0.118. The number of nitrogens with zero attached hydrogens (tertiary/aromatic N) is 2. The highest BCUT2D eigenvalue weighted by atomic mass is 32.2. The maximum atomic E-state index is 11.3. The van der Waals surface area contributed by atoms with Crippen molar-refractivity contribution in [2.24, 2.45) is 0 Å². The van der Waals surface area contributed by atoms with Crippen LogP contribution in [0.15, 0.2) is 4.52 Å². The van der Waals surface area contributed by atoms with Crippen LogP contribution in [0.3, 0.4) is 0 Å². The van der Waals surface area contributed by atoms with Gasteiger partial charge in [-0.1, -0.05) is 12.1 Å². The summed E-state index contributed by atoms with van der Waals surface area (Å²) in [5.41, 5.74) is 0. The third kappa shape index (κ3) is 2.91. The van der Waals surface area contributed by atoms with Gasteiger partial charge in [0.25, 0.3) is 0 Å². The Hall–Kier alpha value is -0.490. The second-order valence-corrected chi connectivity index (χ2v) is 7.03. The fourth-order valence-corrected chi connectivity index (χ4v) is 4.84. The molecule has 18 heavy (non-hydrogen) atoms. The molecular formula is C12H18N2O2S2. The first-order valence-corrected chi connectivity index (χ1v) is 8.30. The maximum Gasteiger partial charge on any atom is 0.236 e. The van der Waals surface area contributed by atoms with E-state index in [1.807, 2.05) is 23.5 Å². The van der Waals surface area contributed by atoms with E-state index in [0.29, 0.717) is 16.4 Å². The zero-order chi connectivity index (χ0) is 13.1. The minimum Gasteiger partial charge on any atom is -0.339 e. The first-order valence-electron chi connectivity index (χ1n) is 6.20. The number of hydrogen-bond acceptors (Lipinski definition) is 6. The number of carbonyl (C=O) groups excluding carboxylic acids is 1. The van der Waals surface area contributed by atoms with Gasteiger partial charge in [-0.25, -0.2) is 0 Å². The SMILES string of the molecule is CCC1SCCSC1c1noc(C(C)C(C)=O)n1. The van der Waals surface area contributed by atoms with E-state index in [2.05, 4.69) is 17.1 Å². The number of Topliss-reactive ketones (excluding diaryl/α,β-unsaturated/α-hetero) is 1. The lowest BCUT2D eigenvalue weighted by Crippen LogP contribution is -2.19. The zero-order valence-electron chi connectivity index (χ0n) is 10.9. The number of rotatable bonds is 4. The Morgan fingerprint density at radius 2 is 2.22 bits per heavy atom. The molecule has 1 fully saturated rings. The molecule has 1 aromatic rings. The molecule has 0 bridgehead atoms. The Bertz CT molecular complexity index is 422. The molecule has 0 saturated carbocycles. The summed E-state index contributed by atoms with van der Waals surface area (Å²) in [6, 6.07) is 0. The summed E-state index contributed by atoms with van der Waals surface area (Å²) in [5.74, 6) is 3.27. The van der Waals surface area contributed by atoms with Gasteiger partial charge in [-0.2, -0.15) is 16.7 Å². The molecule has 1 aliphatic rings. The number of ketones is 1. The smallest absolute Gasteiger partial charge is 0.236 e. The topological polar surface area (TPSA) is 56.0 Å². The molecule has 0 amide bonds. The molecule has 2 heterocycles. The summed E-state index contributed by atoms with van der Waals surface area (Å²) in [7, 11) is 0. The van der Waals surface area contributed by atoms with Crippen LogP contribution in [0.2, 0.25) is 0 Å². The van der Waals surface area contributed by atoms with Crippen molar-refractivity contribution in [3.63, 3.8) is 0 Å². The summed E-state index contributed by atoms with van der Waals surface area (Å²) >= 11 is 3.87. The van der Waals surface area contributed by atoms with Crippen molar-refractivity contribution >= 4 is 29.3 Å². The van der Waals surface area contributed by atoms with Crippen molar-refractivity contribution in [2.45, 2.75) is 43.6 Å². The number of carbonyl (C=O) groups is 1. The van der Waals surface area contributed by atoms with Gasteiger partial charge in [0, 0.05) is 16.8 Å². The molecule has 1 aromatic heterocycles. The number of thioether (sulfide) groups is 2. The lowest BCUT2D eigenvalue weighted by Gasteiger charge is -2.27. The van der Waals surface area contributed by atoms with E-state index in [1.165, 1.54) is 5.75 Å². The van der Waals surface area contributed by atoms with E-state index in [4.69, 9.17) is 4.52 Å². The average molecular weight is 286 g/mol. The number of hydrogen-bond donors (Lipinski definition) is 0. The van der Waals surface area contributed by atoms with Gasteiger partial charge in [0.05, 0.1) is 11.2 Å². The Balaban J connectivity index is 2.15. The minimum atomic E-state index is -0.299. The third-order valence-corrected chi connectivity index (χ3v) is 6.39. The molecule has 0 N–H and O–H groups in total. The standard InChI is InChI=1S/C12H18N2O2S2/c1-4-9-10(18-6-5-17-9)11-13-12(16-14-11)7(2)8(3)15/h7,9-10H,4-6H2,1-3H3. The Morgan fingerprint density at radius 3 is 2.89 bits per heavy atom. The monoisotopic (exact) mass is 286 g/mol. The molecule has 3 atom stereocenters. The second kappa shape index (κ2) is 6.10.